The van der Waals surface area contributed by atoms with Crippen molar-refractivity contribution in [3.63, 3.8) is 0 Å². The third-order valence-corrected chi connectivity index (χ3v) is 7.49. The first-order chi connectivity index (χ1) is 13.2. The minimum absolute atomic E-state index is 0.0509. The molecule has 0 bridgehead atoms. The third-order valence-electron chi connectivity index (χ3n) is 4.77. The van der Waals surface area contributed by atoms with E-state index in [1.807, 2.05) is 13.8 Å². The Kier molecular flexibility index (Phi) is 6.23. The molecule has 0 aliphatic carbocycles. The van der Waals surface area contributed by atoms with E-state index in [0.717, 1.165) is 0 Å². The molecule has 1 amide bonds. The normalized spacial score (nSPS) is 16.4. The largest absolute Gasteiger partial charge is 0.378 e. The molecule has 0 saturated carbocycles. The Balaban J connectivity index is 1.89. The molecule has 0 spiro atoms. The third kappa shape index (κ3) is 4.29. The number of ether oxygens (including phenoxy) is 1. The molecule has 1 fully saturated rings. The molecule has 3 rings (SSSR count). The minimum Gasteiger partial charge on any atom is -0.378 e. The summed E-state index contributed by atoms with van der Waals surface area (Å²) in [5, 5.41) is 0.626. The molecular weight excluding hydrogens is 400 g/mol. The van der Waals surface area contributed by atoms with Gasteiger partial charge in [-0.15, -0.1) is 11.3 Å². The number of carbonyl (C=O) groups excluding carboxylic acids is 1. The van der Waals surface area contributed by atoms with E-state index in [0.29, 0.717) is 54.0 Å². The molecule has 10 heteroatoms. The number of nitrogens with one attached hydrogen (secondary N) is 1. The fourth-order valence-electron chi connectivity index (χ4n) is 2.92. The molecule has 2 aromatic rings. The lowest BCUT2D eigenvalue weighted by Crippen LogP contribution is -2.40. The van der Waals surface area contributed by atoms with Gasteiger partial charge in [0.05, 0.1) is 24.6 Å². The molecule has 3 heterocycles. The Labute approximate surface area is 169 Å². The second-order valence-electron chi connectivity index (χ2n) is 6.94. The van der Waals surface area contributed by atoms with E-state index in [1.54, 1.807) is 35.7 Å². The van der Waals surface area contributed by atoms with Crippen LogP contribution in [0.5, 0.6) is 0 Å². The topological polar surface area (TPSA) is 93.5 Å². The number of hydrogen-bond acceptors (Lipinski definition) is 6. The second-order valence-corrected chi connectivity index (χ2v) is 9.65. The average molecular weight is 427 g/mol. The Bertz CT molecular complexity index is 958. The molecule has 1 atom stereocenters. The number of aryl methyl sites for hydroxylation is 2. The summed E-state index contributed by atoms with van der Waals surface area (Å²) in [7, 11) is -1.83. The lowest BCUT2D eigenvalue weighted by Gasteiger charge is -2.26. The molecule has 154 valence electrons. The van der Waals surface area contributed by atoms with Crippen molar-refractivity contribution in [2.75, 3.05) is 26.3 Å². The van der Waals surface area contributed by atoms with E-state index in [2.05, 4.69) is 9.71 Å². The number of rotatable bonds is 6. The highest BCUT2D eigenvalue weighted by Crippen LogP contribution is 2.31. The molecule has 1 saturated heterocycles. The zero-order chi connectivity index (χ0) is 20.5. The molecule has 28 heavy (non-hydrogen) atoms. The lowest BCUT2D eigenvalue weighted by atomic mass is 10.3. The summed E-state index contributed by atoms with van der Waals surface area (Å²) in [6.07, 6.45) is 2.28. The van der Waals surface area contributed by atoms with E-state index < -0.39 is 10.0 Å². The van der Waals surface area contributed by atoms with Gasteiger partial charge in [-0.3, -0.25) is 4.79 Å². The maximum Gasteiger partial charge on any atom is 0.266 e. The maximum absolute atomic E-state index is 12.8. The lowest BCUT2D eigenvalue weighted by molar-refractivity contribution is 0.0305. The van der Waals surface area contributed by atoms with Crippen LogP contribution in [0, 0.1) is 6.92 Å². The van der Waals surface area contributed by atoms with Crippen molar-refractivity contribution in [1.29, 1.82) is 0 Å². The zero-order valence-electron chi connectivity index (χ0n) is 16.6. The van der Waals surface area contributed by atoms with Crippen molar-refractivity contribution in [2.45, 2.75) is 38.1 Å². The number of hydrogen-bond donors (Lipinski definition) is 1. The first-order valence-corrected chi connectivity index (χ1v) is 11.6. The molecule has 1 N–H and O–H groups in total. The first-order valence-electron chi connectivity index (χ1n) is 9.26. The molecule has 1 aliphatic rings. The second kappa shape index (κ2) is 8.32. The van der Waals surface area contributed by atoms with Gasteiger partial charge in [0.1, 0.15) is 14.8 Å². The average Bonchev–Trinajstić information content (AvgIpc) is 3.24. The van der Waals surface area contributed by atoms with E-state index in [1.165, 1.54) is 11.3 Å². The minimum atomic E-state index is -3.60. The van der Waals surface area contributed by atoms with Gasteiger partial charge in [0.15, 0.2) is 0 Å². The fourth-order valence-corrected chi connectivity index (χ4v) is 5.41. The maximum atomic E-state index is 12.8. The predicted octanol–water partition coefficient (Wildman–Crippen LogP) is 2.01. The highest BCUT2D eigenvalue weighted by Gasteiger charge is 2.25. The van der Waals surface area contributed by atoms with Crippen LogP contribution in [-0.4, -0.2) is 61.1 Å². The van der Waals surface area contributed by atoms with Crippen LogP contribution in [0.2, 0.25) is 0 Å². The summed E-state index contributed by atoms with van der Waals surface area (Å²) >= 11 is 1.29. The van der Waals surface area contributed by atoms with Crippen LogP contribution in [0.1, 0.15) is 35.6 Å². The van der Waals surface area contributed by atoms with E-state index >= 15 is 0 Å². The Morgan fingerprint density at radius 2 is 2.07 bits per heavy atom. The van der Waals surface area contributed by atoms with Gasteiger partial charge in [0.25, 0.3) is 5.91 Å². The SMILES string of the molecule is CC[C@@H](C)NS(=O)(=O)c1cc(-c2nc(C)c(C(=O)N3CCOCC3)s2)n(C)c1. The predicted molar refractivity (Wildman–Crippen MR) is 108 cm³/mol. The van der Waals surface area contributed by atoms with Crippen LogP contribution in [0.25, 0.3) is 10.7 Å². The van der Waals surface area contributed by atoms with Crippen molar-refractivity contribution in [1.82, 2.24) is 19.2 Å². The standard InChI is InChI=1S/C18H26N4O4S2/c1-5-12(2)20-28(24,25)14-10-15(21(4)11-14)17-19-13(3)16(27-17)18(23)22-6-8-26-9-7-22/h10-12,20H,5-9H2,1-4H3/t12-/m1/s1. The van der Waals surface area contributed by atoms with Crippen molar-refractivity contribution in [2.24, 2.45) is 7.05 Å². The van der Waals surface area contributed by atoms with E-state index in [4.69, 9.17) is 4.74 Å². The van der Waals surface area contributed by atoms with Gasteiger partial charge in [0.2, 0.25) is 10.0 Å². The summed E-state index contributed by atoms with van der Waals surface area (Å²) in [5.74, 6) is -0.0509. The Hall–Kier alpha value is -1.75. The number of aromatic nitrogens is 2. The van der Waals surface area contributed by atoms with Crippen molar-refractivity contribution in [3.05, 3.63) is 22.8 Å². The Morgan fingerprint density at radius 1 is 1.39 bits per heavy atom. The number of sulfonamides is 1. The Morgan fingerprint density at radius 3 is 2.71 bits per heavy atom. The summed E-state index contributed by atoms with van der Waals surface area (Å²) < 4.78 is 34.8. The highest BCUT2D eigenvalue weighted by molar-refractivity contribution is 7.89. The van der Waals surface area contributed by atoms with Crippen molar-refractivity contribution in [3.8, 4) is 10.7 Å². The van der Waals surface area contributed by atoms with Gasteiger partial charge in [-0.05, 0) is 26.3 Å². The van der Waals surface area contributed by atoms with E-state index in [9.17, 15) is 13.2 Å². The van der Waals surface area contributed by atoms with E-state index in [-0.39, 0.29) is 16.8 Å². The fraction of sp³-hybridized carbons (Fsp3) is 0.556. The van der Waals surface area contributed by atoms with Crippen LogP contribution in [0.3, 0.4) is 0 Å². The molecule has 8 nitrogen and oxygen atoms in total. The molecule has 2 aromatic heterocycles. The highest BCUT2D eigenvalue weighted by atomic mass is 32.2. The number of carbonyl (C=O) groups is 1. The van der Waals surface area contributed by atoms with Gasteiger partial charge >= 0.3 is 0 Å². The molecule has 0 radical (unpaired) electrons. The van der Waals surface area contributed by atoms with Gasteiger partial charge in [-0.1, -0.05) is 6.92 Å². The number of thiazole rings is 1. The van der Waals surface area contributed by atoms with Crippen LogP contribution in [0.15, 0.2) is 17.2 Å². The van der Waals surface area contributed by atoms with Gasteiger partial charge in [-0.25, -0.2) is 18.1 Å². The van der Waals surface area contributed by atoms with Gasteiger partial charge in [0, 0.05) is 32.4 Å². The molecule has 1 aliphatic heterocycles. The van der Waals surface area contributed by atoms with Crippen molar-refractivity contribution >= 4 is 27.3 Å². The summed E-state index contributed by atoms with van der Waals surface area (Å²) in [4.78, 5) is 19.9. The van der Waals surface area contributed by atoms with Crippen molar-refractivity contribution < 1.29 is 17.9 Å². The van der Waals surface area contributed by atoms with Gasteiger partial charge in [-0.2, -0.15) is 0 Å². The van der Waals surface area contributed by atoms with Gasteiger partial charge < -0.3 is 14.2 Å². The summed E-state index contributed by atoms with van der Waals surface area (Å²) in [6.45, 7) is 7.78. The van der Waals surface area contributed by atoms with Crippen LogP contribution < -0.4 is 4.72 Å². The number of amides is 1. The first kappa shape index (κ1) is 21.0. The van der Waals surface area contributed by atoms with Crippen LogP contribution in [-0.2, 0) is 21.8 Å². The van der Waals surface area contributed by atoms with Crippen LogP contribution in [0.4, 0.5) is 0 Å². The molecular formula is C18H26N4O4S2. The summed E-state index contributed by atoms with van der Waals surface area (Å²) in [5.41, 5.74) is 1.32. The monoisotopic (exact) mass is 426 g/mol. The summed E-state index contributed by atoms with van der Waals surface area (Å²) in [6, 6.07) is 1.46. The quantitative estimate of drug-likeness (QED) is 0.763. The number of morpholine rings is 1. The molecule has 0 aromatic carbocycles. The molecule has 0 unspecified atom stereocenters. The van der Waals surface area contributed by atoms with Crippen LogP contribution >= 0.6 is 11.3 Å². The number of nitrogens with zero attached hydrogens (tertiary/aromatic N) is 3. The smallest absolute Gasteiger partial charge is 0.266 e. The zero-order valence-corrected chi connectivity index (χ0v) is 18.2.